The normalized spacial score (nSPS) is 47.1. The lowest BCUT2D eigenvalue weighted by Crippen LogP contribution is -2.60. The minimum absolute atomic E-state index is 0.00723. The van der Waals surface area contributed by atoms with Gasteiger partial charge in [-0.1, -0.05) is 32.4 Å². The summed E-state index contributed by atoms with van der Waals surface area (Å²) in [7, 11) is 0. The Kier molecular flexibility index (Phi) is 3.76. The summed E-state index contributed by atoms with van der Waals surface area (Å²) in [6.07, 6.45) is 8.73. The molecule has 4 nitrogen and oxygen atoms in total. The lowest BCUT2D eigenvalue weighted by atomic mass is 9.46. The van der Waals surface area contributed by atoms with Crippen molar-refractivity contribution in [3.63, 3.8) is 0 Å². The first-order valence-corrected chi connectivity index (χ1v) is 9.90. The highest BCUT2D eigenvalue weighted by Crippen LogP contribution is 2.66. The Morgan fingerprint density at radius 2 is 2.00 bits per heavy atom. The number of ketones is 3. The van der Waals surface area contributed by atoms with Crippen molar-refractivity contribution in [1.82, 2.24) is 0 Å². The molecule has 0 aromatic heterocycles. The van der Waals surface area contributed by atoms with Gasteiger partial charge in [-0.3, -0.25) is 14.4 Å². The van der Waals surface area contributed by atoms with Crippen LogP contribution in [0.15, 0.2) is 23.8 Å². The summed E-state index contributed by atoms with van der Waals surface area (Å²) < 4.78 is 0. The van der Waals surface area contributed by atoms with Gasteiger partial charge in [0.25, 0.3) is 0 Å². The van der Waals surface area contributed by atoms with E-state index in [1.807, 2.05) is 13.0 Å². The summed E-state index contributed by atoms with van der Waals surface area (Å²) in [5.41, 5.74) is -1.36. The van der Waals surface area contributed by atoms with E-state index in [2.05, 4.69) is 6.92 Å². The highest BCUT2D eigenvalue weighted by atomic mass is 16.3. The third-order valence-corrected chi connectivity index (χ3v) is 8.19. The van der Waals surface area contributed by atoms with Gasteiger partial charge in [0, 0.05) is 29.6 Å². The van der Waals surface area contributed by atoms with Crippen LogP contribution in [-0.4, -0.2) is 28.1 Å². The van der Waals surface area contributed by atoms with Gasteiger partial charge in [-0.05, 0) is 49.7 Å². The highest BCUT2D eigenvalue weighted by molar-refractivity contribution is 6.02. The number of Topliss-reactive ketones (excluding diaryl/α,β-unsaturated/α-hetero) is 2. The Bertz CT molecular complexity index is 762. The van der Waals surface area contributed by atoms with Crippen molar-refractivity contribution < 1.29 is 19.5 Å². The van der Waals surface area contributed by atoms with Gasteiger partial charge in [0.2, 0.25) is 0 Å². The predicted octanol–water partition coefficient (Wildman–Crippen LogP) is 3.18. The maximum Gasteiger partial charge on any atom is 0.178 e. The molecule has 3 saturated carbocycles. The third-order valence-electron chi connectivity index (χ3n) is 8.19. The van der Waals surface area contributed by atoms with E-state index in [9.17, 15) is 19.5 Å². The summed E-state index contributed by atoms with van der Waals surface area (Å²) in [6, 6.07) is 0. The Hall–Kier alpha value is -1.55. The van der Waals surface area contributed by atoms with Crippen LogP contribution in [-0.2, 0) is 14.4 Å². The van der Waals surface area contributed by atoms with Crippen molar-refractivity contribution in [2.45, 2.75) is 64.9 Å². The number of hydrogen-bond acceptors (Lipinski definition) is 4. The Morgan fingerprint density at radius 1 is 1.27 bits per heavy atom. The van der Waals surface area contributed by atoms with E-state index in [4.69, 9.17) is 0 Å². The van der Waals surface area contributed by atoms with Crippen LogP contribution < -0.4 is 0 Å². The molecule has 1 N–H and O–H groups in total. The Balaban J connectivity index is 1.76. The molecule has 0 bridgehead atoms. The van der Waals surface area contributed by atoms with Gasteiger partial charge in [-0.2, -0.15) is 0 Å². The molecule has 4 aliphatic carbocycles. The second-order valence-corrected chi connectivity index (χ2v) is 9.21. The van der Waals surface area contributed by atoms with Crippen molar-refractivity contribution in [2.24, 2.45) is 28.6 Å². The first-order chi connectivity index (χ1) is 12.2. The second kappa shape index (κ2) is 5.48. The second-order valence-electron chi connectivity index (χ2n) is 9.21. The van der Waals surface area contributed by atoms with Gasteiger partial charge in [-0.25, -0.2) is 0 Å². The van der Waals surface area contributed by atoms with E-state index in [0.29, 0.717) is 12.8 Å². The average Bonchev–Trinajstić information content (AvgIpc) is 2.86. The van der Waals surface area contributed by atoms with Crippen LogP contribution >= 0.6 is 0 Å². The zero-order valence-corrected chi connectivity index (χ0v) is 15.9. The van der Waals surface area contributed by atoms with E-state index in [0.717, 1.165) is 24.8 Å². The van der Waals surface area contributed by atoms with Gasteiger partial charge in [0.1, 0.15) is 11.4 Å². The number of allylic oxidation sites excluding steroid dienone is 4. The molecule has 0 amide bonds. The van der Waals surface area contributed by atoms with Crippen LogP contribution in [0.5, 0.6) is 0 Å². The molecule has 4 rings (SSSR count). The third kappa shape index (κ3) is 2.02. The predicted molar refractivity (Wildman–Crippen MR) is 97.3 cm³/mol. The number of carbonyl (C=O) groups excluding carboxylic acids is 3. The van der Waals surface area contributed by atoms with Crippen molar-refractivity contribution in [1.29, 1.82) is 0 Å². The van der Waals surface area contributed by atoms with Crippen molar-refractivity contribution in [2.75, 3.05) is 0 Å². The lowest BCUT2D eigenvalue weighted by Gasteiger charge is -2.56. The number of fused-ring (bicyclic) bond motifs is 5. The number of carbonyl (C=O) groups is 3. The maximum absolute atomic E-state index is 13.3. The average molecular weight is 356 g/mol. The molecule has 4 heteroatoms. The largest absolute Gasteiger partial charge is 0.381 e. The van der Waals surface area contributed by atoms with Crippen LogP contribution in [0.3, 0.4) is 0 Å². The molecule has 6 atom stereocenters. The summed E-state index contributed by atoms with van der Waals surface area (Å²) in [4.78, 5) is 37.7. The first kappa shape index (κ1) is 17.8. The summed E-state index contributed by atoms with van der Waals surface area (Å²) in [6.45, 7) is 5.82. The monoisotopic (exact) mass is 356 g/mol. The lowest BCUT2D eigenvalue weighted by molar-refractivity contribution is -0.166. The zero-order chi connectivity index (χ0) is 18.9. The molecule has 140 valence electrons. The summed E-state index contributed by atoms with van der Waals surface area (Å²) >= 11 is 0. The minimum Gasteiger partial charge on any atom is -0.381 e. The number of rotatable bonds is 2. The van der Waals surface area contributed by atoms with Gasteiger partial charge in [0.15, 0.2) is 11.6 Å². The smallest absolute Gasteiger partial charge is 0.178 e. The first-order valence-electron chi connectivity index (χ1n) is 9.90. The molecule has 0 spiro atoms. The molecule has 0 aromatic rings. The fourth-order valence-electron chi connectivity index (χ4n) is 6.78. The van der Waals surface area contributed by atoms with E-state index in [-0.39, 0.29) is 41.5 Å². The Labute approximate surface area is 154 Å². The summed E-state index contributed by atoms with van der Waals surface area (Å²) in [5.74, 6) is 0.219. The molecule has 0 aromatic carbocycles. The van der Waals surface area contributed by atoms with Crippen molar-refractivity contribution >= 4 is 17.3 Å². The quantitative estimate of drug-likeness (QED) is 0.825. The fourth-order valence-corrected chi connectivity index (χ4v) is 6.78. The molecular formula is C22H28O4. The van der Waals surface area contributed by atoms with Gasteiger partial charge < -0.3 is 5.11 Å². The molecule has 3 unspecified atom stereocenters. The molecule has 26 heavy (non-hydrogen) atoms. The molecule has 3 fully saturated rings. The minimum atomic E-state index is -1.37. The fraction of sp³-hybridized carbons (Fsp3) is 0.682. The molecule has 0 aliphatic heterocycles. The molecule has 0 heterocycles. The molecule has 0 saturated heterocycles. The molecule has 4 aliphatic rings. The van der Waals surface area contributed by atoms with Gasteiger partial charge >= 0.3 is 0 Å². The van der Waals surface area contributed by atoms with Crippen LogP contribution in [0.1, 0.15) is 59.3 Å². The molecular weight excluding hydrogens is 328 g/mol. The van der Waals surface area contributed by atoms with Gasteiger partial charge in [0.05, 0.1) is 0 Å². The molecule has 0 radical (unpaired) electrons. The Morgan fingerprint density at radius 3 is 2.69 bits per heavy atom. The van der Waals surface area contributed by atoms with E-state index >= 15 is 0 Å². The van der Waals surface area contributed by atoms with Crippen molar-refractivity contribution in [3.05, 3.63) is 23.8 Å². The maximum atomic E-state index is 13.3. The standard InChI is InChI=1S/C22H28O4/c1-4-18(25)22(26)10-8-16-15-6-5-13-11-14(23)7-9-20(13,2)19(15)17(24)12-21(16,22)3/h7,9,11,15-16,19,26H,4-6,8,10,12H2,1-3H3/t15?,16?,19?,20-,21-,22-/m0/s1. The number of hydrogen-bond donors (Lipinski definition) is 1. The van der Waals surface area contributed by atoms with E-state index in [1.54, 1.807) is 19.1 Å². The SMILES string of the molecule is CCC(=O)[C@@]1(O)CCC2C3CCC4=CC(=O)C=C[C@]4(C)C3C(=O)C[C@@]21C. The van der Waals surface area contributed by atoms with Crippen LogP contribution in [0.25, 0.3) is 0 Å². The highest BCUT2D eigenvalue weighted by Gasteiger charge is 2.67. The van der Waals surface area contributed by atoms with Gasteiger partial charge in [-0.15, -0.1) is 0 Å². The zero-order valence-electron chi connectivity index (χ0n) is 15.9. The van der Waals surface area contributed by atoms with E-state index in [1.165, 1.54) is 0 Å². The summed E-state index contributed by atoms with van der Waals surface area (Å²) in [5, 5.41) is 11.3. The van der Waals surface area contributed by atoms with E-state index < -0.39 is 16.4 Å². The number of aliphatic hydroxyl groups is 1. The van der Waals surface area contributed by atoms with Crippen molar-refractivity contribution in [3.8, 4) is 0 Å². The topological polar surface area (TPSA) is 71.4 Å². The van der Waals surface area contributed by atoms with Crippen LogP contribution in [0.2, 0.25) is 0 Å². The van der Waals surface area contributed by atoms with Crippen LogP contribution in [0, 0.1) is 28.6 Å². The van der Waals surface area contributed by atoms with Crippen LogP contribution in [0.4, 0.5) is 0 Å².